The van der Waals surface area contributed by atoms with E-state index in [2.05, 4.69) is 4.98 Å². The van der Waals surface area contributed by atoms with Gasteiger partial charge in [0.2, 0.25) is 0 Å². The van der Waals surface area contributed by atoms with Crippen LogP contribution in [-0.4, -0.2) is 66.6 Å². The molecule has 0 radical (unpaired) electrons. The third kappa shape index (κ3) is 4.23. The topological polar surface area (TPSA) is 72.2 Å². The number of hydrogen-bond donors (Lipinski definition) is 0. The molecule has 0 saturated carbocycles. The average Bonchev–Trinajstić information content (AvgIpc) is 3.33. The van der Waals surface area contributed by atoms with Crippen LogP contribution in [0.5, 0.6) is 11.5 Å². The van der Waals surface area contributed by atoms with E-state index in [0.29, 0.717) is 46.6 Å². The summed E-state index contributed by atoms with van der Waals surface area (Å²) in [6.45, 7) is 3.02. The molecule has 0 bridgehead atoms. The van der Waals surface area contributed by atoms with Crippen LogP contribution in [0.1, 0.15) is 16.2 Å². The lowest BCUT2D eigenvalue weighted by Crippen LogP contribution is -2.37. The number of anilines is 1. The Kier molecular flexibility index (Phi) is 7.22. The van der Waals surface area contributed by atoms with Crippen LogP contribution in [0, 0.1) is 6.92 Å². The summed E-state index contributed by atoms with van der Waals surface area (Å²) in [5, 5.41) is 0.593. The van der Waals surface area contributed by atoms with Crippen molar-refractivity contribution in [1.82, 2.24) is 19.3 Å². The normalized spacial score (nSPS) is 11.1. The molecule has 1 aromatic carbocycles. The van der Waals surface area contributed by atoms with Crippen molar-refractivity contribution >= 4 is 50.6 Å². The molecule has 1 amide bonds. The van der Waals surface area contributed by atoms with Crippen LogP contribution in [0.4, 0.5) is 5.13 Å². The molecule has 0 atom stereocenters. The van der Waals surface area contributed by atoms with Crippen molar-refractivity contribution in [2.75, 3.05) is 46.3 Å². The largest absolute Gasteiger partial charge is 0.495 e. The number of aromatic nitrogens is 3. The minimum absolute atomic E-state index is 0. The van der Waals surface area contributed by atoms with Crippen LogP contribution in [0.15, 0.2) is 36.5 Å². The number of nitrogens with zero attached hydrogens (tertiary/aromatic N) is 5. The molecule has 4 rings (SSSR count). The molecule has 0 saturated heterocycles. The Bertz CT molecular complexity index is 1210. The summed E-state index contributed by atoms with van der Waals surface area (Å²) >= 11 is 1.42. The van der Waals surface area contributed by atoms with Gasteiger partial charge >= 0.3 is 0 Å². The van der Waals surface area contributed by atoms with Crippen LogP contribution >= 0.6 is 23.7 Å². The van der Waals surface area contributed by atoms with E-state index < -0.39 is 0 Å². The Morgan fingerprint density at radius 3 is 2.47 bits per heavy atom. The first-order valence-electron chi connectivity index (χ1n) is 9.86. The average molecular weight is 476 g/mol. The zero-order valence-electron chi connectivity index (χ0n) is 18.7. The lowest BCUT2D eigenvalue weighted by Gasteiger charge is -2.22. The molecule has 0 aliphatic rings. The number of thiazole rings is 1. The third-order valence-corrected chi connectivity index (χ3v) is 6.15. The summed E-state index contributed by atoms with van der Waals surface area (Å²) in [6, 6.07) is 9.37. The number of likely N-dealkylation sites (N-methyl/N-ethyl adjacent to an activating group) is 1. The van der Waals surface area contributed by atoms with Crippen LogP contribution in [-0.2, 0) is 0 Å². The zero-order chi connectivity index (χ0) is 22.1. The molecule has 0 N–H and O–H groups in total. The second-order valence-corrected chi connectivity index (χ2v) is 8.36. The minimum Gasteiger partial charge on any atom is -0.495 e. The first kappa shape index (κ1) is 23.8. The number of methoxy groups -OCH3 is 2. The number of pyridine rings is 1. The molecule has 4 aromatic rings. The van der Waals surface area contributed by atoms with Gasteiger partial charge in [0.25, 0.3) is 5.91 Å². The number of ether oxygens (including phenoxy) is 2. The van der Waals surface area contributed by atoms with Gasteiger partial charge in [-0.15, -0.1) is 12.4 Å². The molecule has 0 fully saturated rings. The van der Waals surface area contributed by atoms with Crippen molar-refractivity contribution in [1.29, 1.82) is 0 Å². The molecule has 10 heteroatoms. The summed E-state index contributed by atoms with van der Waals surface area (Å²) in [4.78, 5) is 26.9. The molecule has 8 nitrogen and oxygen atoms in total. The molecule has 3 heterocycles. The summed E-state index contributed by atoms with van der Waals surface area (Å²) < 4.78 is 13.7. The summed E-state index contributed by atoms with van der Waals surface area (Å²) in [5.41, 5.74) is 2.64. The van der Waals surface area contributed by atoms with Gasteiger partial charge in [0.1, 0.15) is 33.1 Å². The van der Waals surface area contributed by atoms with Gasteiger partial charge < -0.3 is 14.4 Å². The molecule has 0 aliphatic carbocycles. The van der Waals surface area contributed by atoms with Crippen molar-refractivity contribution in [2.45, 2.75) is 6.92 Å². The van der Waals surface area contributed by atoms with Gasteiger partial charge in [-0.25, -0.2) is 9.97 Å². The monoisotopic (exact) mass is 475 g/mol. The molecule has 0 spiro atoms. The quantitative estimate of drug-likeness (QED) is 0.403. The van der Waals surface area contributed by atoms with E-state index in [4.69, 9.17) is 14.5 Å². The van der Waals surface area contributed by atoms with Gasteiger partial charge in [-0.2, -0.15) is 0 Å². The maximum atomic E-state index is 13.8. The fourth-order valence-corrected chi connectivity index (χ4v) is 4.57. The molecule has 3 aromatic heterocycles. The van der Waals surface area contributed by atoms with Crippen LogP contribution < -0.4 is 14.4 Å². The van der Waals surface area contributed by atoms with E-state index in [9.17, 15) is 4.79 Å². The highest BCUT2D eigenvalue weighted by Crippen LogP contribution is 2.40. The summed E-state index contributed by atoms with van der Waals surface area (Å²) in [5.74, 6) is 1.20. The predicted molar refractivity (Wildman–Crippen MR) is 130 cm³/mol. The summed E-state index contributed by atoms with van der Waals surface area (Å²) in [6.07, 6.45) is 1.86. The van der Waals surface area contributed by atoms with Crippen LogP contribution in [0.25, 0.3) is 15.9 Å². The standard InChI is InChI=1S/C22H25N5O3S.ClH/c1-14-19(26-11-7-6-8-17(26)23-14)21(28)27(13-12-25(2)3)22-24-18-15(29-4)9-10-16(30-5)20(18)31-22;/h6-11H,12-13H2,1-5H3;1H. The number of imidazole rings is 1. The zero-order valence-corrected chi connectivity index (χ0v) is 20.3. The molecular weight excluding hydrogens is 450 g/mol. The highest BCUT2D eigenvalue weighted by molar-refractivity contribution is 7.22. The van der Waals surface area contributed by atoms with Crippen LogP contribution in [0.3, 0.4) is 0 Å². The van der Waals surface area contributed by atoms with Crippen molar-refractivity contribution in [3.8, 4) is 11.5 Å². The number of rotatable bonds is 7. The minimum atomic E-state index is -0.143. The van der Waals surface area contributed by atoms with Gasteiger partial charge in [0, 0.05) is 19.3 Å². The Hall–Kier alpha value is -2.88. The van der Waals surface area contributed by atoms with Crippen molar-refractivity contribution in [2.24, 2.45) is 0 Å². The Morgan fingerprint density at radius 1 is 1.06 bits per heavy atom. The third-order valence-electron chi connectivity index (χ3n) is 5.05. The predicted octanol–water partition coefficient (Wildman–Crippen LogP) is 3.90. The van der Waals surface area contributed by atoms with E-state index in [1.165, 1.54) is 11.3 Å². The number of benzene rings is 1. The number of aryl methyl sites for hydroxylation is 1. The van der Waals surface area contributed by atoms with Gasteiger partial charge in [-0.3, -0.25) is 14.1 Å². The van der Waals surface area contributed by atoms with E-state index in [1.807, 2.05) is 66.8 Å². The molecule has 0 unspecified atom stereocenters. The number of carbonyl (C=O) groups excluding carboxylic acids is 1. The molecular formula is C22H26ClN5O3S. The Labute approximate surface area is 196 Å². The number of hydrogen-bond acceptors (Lipinski definition) is 7. The SMILES string of the molecule is COc1ccc(OC)c2sc(N(CCN(C)C)C(=O)c3c(C)nc4ccccn34)nc12.Cl. The number of amides is 1. The first-order valence-corrected chi connectivity index (χ1v) is 10.7. The highest BCUT2D eigenvalue weighted by Gasteiger charge is 2.27. The van der Waals surface area contributed by atoms with Crippen LogP contribution in [0.2, 0.25) is 0 Å². The van der Waals surface area contributed by atoms with Gasteiger partial charge in [0.05, 0.1) is 19.9 Å². The first-order chi connectivity index (χ1) is 14.9. The lowest BCUT2D eigenvalue weighted by atomic mass is 10.3. The van der Waals surface area contributed by atoms with Gasteiger partial charge in [-0.05, 0) is 45.3 Å². The van der Waals surface area contributed by atoms with Crippen molar-refractivity contribution in [3.63, 3.8) is 0 Å². The fourth-order valence-electron chi connectivity index (χ4n) is 3.47. The van der Waals surface area contributed by atoms with E-state index in [-0.39, 0.29) is 18.3 Å². The Balaban J connectivity index is 0.00000289. The van der Waals surface area contributed by atoms with E-state index in [1.54, 1.807) is 19.1 Å². The maximum absolute atomic E-state index is 13.8. The fraction of sp³-hybridized carbons (Fsp3) is 0.318. The number of carbonyl (C=O) groups is 1. The Morgan fingerprint density at radius 2 is 1.78 bits per heavy atom. The van der Waals surface area contributed by atoms with E-state index >= 15 is 0 Å². The number of halogens is 1. The van der Waals surface area contributed by atoms with Gasteiger partial charge in [0.15, 0.2) is 5.13 Å². The molecule has 32 heavy (non-hydrogen) atoms. The summed E-state index contributed by atoms with van der Waals surface area (Å²) in [7, 11) is 7.19. The van der Waals surface area contributed by atoms with E-state index in [0.717, 1.165) is 10.3 Å². The number of fused-ring (bicyclic) bond motifs is 2. The second kappa shape index (κ2) is 9.72. The molecule has 0 aliphatic heterocycles. The second-order valence-electron chi connectivity index (χ2n) is 7.38. The molecule has 170 valence electrons. The van der Waals surface area contributed by atoms with Crippen molar-refractivity contribution in [3.05, 3.63) is 47.9 Å². The highest BCUT2D eigenvalue weighted by atomic mass is 35.5. The lowest BCUT2D eigenvalue weighted by molar-refractivity contribution is 0.0979. The smallest absolute Gasteiger partial charge is 0.279 e. The van der Waals surface area contributed by atoms with Gasteiger partial charge in [-0.1, -0.05) is 17.4 Å². The maximum Gasteiger partial charge on any atom is 0.279 e. The van der Waals surface area contributed by atoms with Crippen molar-refractivity contribution < 1.29 is 14.3 Å².